The molecule has 36 nitrogen and oxygen atoms in total. The third-order valence-electron chi connectivity index (χ3n) is 17.6. The highest BCUT2D eigenvalue weighted by molar-refractivity contribution is 14.1. The van der Waals surface area contributed by atoms with Gasteiger partial charge in [0.05, 0.1) is 51.9 Å². The van der Waals surface area contributed by atoms with Gasteiger partial charge in [0, 0.05) is 101 Å². The van der Waals surface area contributed by atoms with Crippen molar-refractivity contribution < 1.29 is 120 Å². The average molecular weight is 1880 g/mol. The number of amides is 6. The van der Waals surface area contributed by atoms with Crippen LogP contribution in [0.25, 0.3) is 0 Å². The van der Waals surface area contributed by atoms with Gasteiger partial charge in [-0.1, -0.05) is 12.1 Å². The molecule has 6 atom stereocenters. The molecule has 1 fully saturated rings. The second kappa shape index (κ2) is 55.1. The lowest BCUT2D eigenvalue weighted by atomic mass is 10.1. The summed E-state index contributed by atoms with van der Waals surface area (Å²) >= 11 is 2.23. The zero-order chi connectivity index (χ0) is 94.0. The first-order valence-corrected chi connectivity index (χ1v) is 44.1. The number of carboxylic acids is 1. The fourth-order valence-corrected chi connectivity index (χ4v) is 12.7. The first-order valence-electron chi connectivity index (χ1n) is 43.0. The standard InChI is InChI=1S/C87H148IN11O25/c1-81(2,3)118-70(105)37-32-62(77(112)90-42-40-69(103)104)94-79(114)64(34-39-72(107)120-83(7,8)9)95-78(113)63(33-38-71(106)119-82(4,5)6)93-68(102)58-117-54-53-116-52-43-91-76(111)61(92-67(101)27-24-25-59-28-30-60(88)31-29-59)26-22-23-41-89-66(100)36-35-65(80(115)124-87(19,20)21)99-50-48-97(56-74(109)122-85(13,14)15)46-44-96(55-73(108)121-84(10,11)12)45-47-98(49-51-99)57-75(110)123-86(16,17)18/h28-31,61-65,67,92,101H,22-27,32-58H2,1-21H3,(H,89,100)(H,90,112)(H,91,111)(H,93,102)(H,94,114)(H,95,113)(H,103,104)/t61-,62+,63+,64+,65+,67?/m0/s1. The predicted octanol–water partition coefficient (Wildman–Crippen LogP) is 5.47. The normalized spacial score (nSPS) is 15.5. The number of nitrogens with one attached hydrogen (secondary N) is 7. The maximum absolute atomic E-state index is 14.5. The summed E-state index contributed by atoms with van der Waals surface area (Å²) in [5, 5.41) is 39.4. The number of benzene rings is 1. The lowest BCUT2D eigenvalue weighted by molar-refractivity contribution is -0.163. The molecule has 0 saturated carbocycles. The van der Waals surface area contributed by atoms with Gasteiger partial charge in [-0.05, 0) is 250 Å². The van der Waals surface area contributed by atoms with E-state index in [4.69, 9.17) is 42.6 Å². The van der Waals surface area contributed by atoms with Gasteiger partial charge >= 0.3 is 47.8 Å². The van der Waals surface area contributed by atoms with E-state index in [0.29, 0.717) is 58.3 Å². The molecule has 2 rings (SSSR count). The fourth-order valence-electron chi connectivity index (χ4n) is 12.4. The van der Waals surface area contributed by atoms with E-state index < -0.39 is 185 Å². The second-order valence-electron chi connectivity index (χ2n) is 37.8. The number of aliphatic hydroxyl groups excluding tert-OH is 1. The molecule has 1 unspecified atom stereocenters. The van der Waals surface area contributed by atoms with Crippen molar-refractivity contribution in [3.05, 3.63) is 33.4 Å². The van der Waals surface area contributed by atoms with Gasteiger partial charge in [-0.3, -0.25) is 92.0 Å². The van der Waals surface area contributed by atoms with Gasteiger partial charge in [0.1, 0.15) is 76.2 Å². The molecule has 37 heteroatoms. The first kappa shape index (κ1) is 112. The van der Waals surface area contributed by atoms with Crippen LogP contribution in [0.5, 0.6) is 0 Å². The van der Waals surface area contributed by atoms with E-state index >= 15 is 0 Å². The third kappa shape index (κ3) is 57.0. The number of aryl methyl sites for hydroxylation is 1. The summed E-state index contributed by atoms with van der Waals surface area (Å²) < 4.78 is 52.0. The molecule has 1 aromatic carbocycles. The van der Waals surface area contributed by atoms with Crippen molar-refractivity contribution in [2.24, 2.45) is 0 Å². The second-order valence-corrected chi connectivity index (χ2v) is 39.1. The Kier molecular flexibility index (Phi) is 49.9. The van der Waals surface area contributed by atoms with Crippen molar-refractivity contribution in [3.8, 4) is 0 Å². The first-order chi connectivity index (χ1) is 57.3. The van der Waals surface area contributed by atoms with Gasteiger partial charge in [-0.15, -0.1) is 0 Å². The molecule has 0 aromatic heterocycles. The molecule has 0 radical (unpaired) electrons. The quantitative estimate of drug-likeness (QED) is 0.0128. The Hall–Kier alpha value is -7.79. The number of carbonyl (C=O) groups excluding carboxylic acids is 13. The summed E-state index contributed by atoms with van der Waals surface area (Å²) in [4.78, 5) is 196. The number of nitrogens with zero attached hydrogens (tertiary/aromatic N) is 4. The molecule has 9 N–H and O–H groups in total. The molecule has 1 aliphatic rings. The Morgan fingerprint density at radius 1 is 0.379 bits per heavy atom. The van der Waals surface area contributed by atoms with E-state index in [1.165, 1.54) is 0 Å². The van der Waals surface area contributed by atoms with Crippen LogP contribution in [0.2, 0.25) is 0 Å². The van der Waals surface area contributed by atoms with Crippen LogP contribution >= 0.6 is 22.6 Å². The van der Waals surface area contributed by atoms with E-state index in [0.717, 1.165) is 9.13 Å². The number of unbranched alkanes of at least 4 members (excludes halogenated alkanes) is 1. The molecule has 124 heavy (non-hydrogen) atoms. The summed E-state index contributed by atoms with van der Waals surface area (Å²) in [6, 6.07) is 1.55. The van der Waals surface area contributed by atoms with Crippen molar-refractivity contribution in [2.45, 2.75) is 317 Å². The lowest BCUT2D eigenvalue weighted by Crippen LogP contribution is -2.57. The SMILES string of the molecule is CC(C)(C)OC(=O)CC[C@@H](NC(=O)COCCOCCNC(=O)[C@H](CCCCNC(=O)CC[C@H](C(=O)OC(C)(C)C)N1CCN(CC(=O)OC(C)(C)C)CCN(CC(=O)OC(C)(C)C)CCN(CC(=O)OC(C)(C)C)CC1)NC(O)CCCc1ccc(I)cc1)C(=O)N[C@H](CCC(=O)OC(C)(C)C)C(=O)N[C@H](CCC(=O)OC(C)(C)C)C(=O)NCCC(=O)O. The topological polar surface area (TPSA) is 460 Å². The van der Waals surface area contributed by atoms with Crippen LogP contribution in [0.3, 0.4) is 0 Å². The molecule has 1 aromatic rings. The van der Waals surface area contributed by atoms with Crippen LogP contribution in [-0.2, 0) is 116 Å². The van der Waals surface area contributed by atoms with Gasteiger partial charge in [0.2, 0.25) is 35.4 Å². The van der Waals surface area contributed by atoms with Crippen LogP contribution in [-0.4, -0.2) is 307 Å². The Balaban J connectivity index is 2.32. The number of carbonyl (C=O) groups is 14. The van der Waals surface area contributed by atoms with Gasteiger partial charge in [-0.25, -0.2) is 0 Å². The van der Waals surface area contributed by atoms with E-state index in [9.17, 15) is 77.3 Å². The Labute approximate surface area is 747 Å². The maximum Gasteiger partial charge on any atom is 0.323 e. The summed E-state index contributed by atoms with van der Waals surface area (Å²) in [6.45, 7) is 36.8. The highest BCUT2D eigenvalue weighted by Gasteiger charge is 2.37. The van der Waals surface area contributed by atoms with Gasteiger partial charge in [-0.2, -0.15) is 0 Å². The smallest absolute Gasteiger partial charge is 0.323 e. The average Bonchev–Trinajstić information content (AvgIpc) is 0.895. The van der Waals surface area contributed by atoms with Crippen molar-refractivity contribution in [1.29, 1.82) is 0 Å². The Bertz CT molecular complexity index is 3490. The number of esters is 7. The molecule has 6 amide bonds. The minimum atomic E-state index is -1.61. The molecule has 1 heterocycles. The number of halogens is 1. The number of ether oxygens (including phenoxy) is 9. The number of carboxylic acid groups (broad SMARTS) is 1. The summed E-state index contributed by atoms with van der Waals surface area (Å²) in [6.07, 6.45) is -1.23. The van der Waals surface area contributed by atoms with Crippen molar-refractivity contribution >= 4 is 106 Å². The third-order valence-corrected chi connectivity index (χ3v) is 18.4. The lowest BCUT2D eigenvalue weighted by Gasteiger charge is -2.37. The molecule has 0 aliphatic carbocycles. The van der Waals surface area contributed by atoms with Crippen LogP contribution in [0.4, 0.5) is 0 Å². The van der Waals surface area contributed by atoms with E-state index in [-0.39, 0.29) is 130 Å². The zero-order valence-electron chi connectivity index (χ0n) is 77.6. The van der Waals surface area contributed by atoms with Crippen molar-refractivity contribution in [2.75, 3.05) is 118 Å². The largest absolute Gasteiger partial charge is 0.481 e. The molecular formula is C87H148IN11O25. The summed E-state index contributed by atoms with van der Waals surface area (Å²) in [7, 11) is 0. The molecule has 708 valence electrons. The van der Waals surface area contributed by atoms with Crippen molar-refractivity contribution in [3.63, 3.8) is 0 Å². The minimum absolute atomic E-state index is 0.0148. The summed E-state index contributed by atoms with van der Waals surface area (Å²) in [5.41, 5.74) is -4.91. The zero-order valence-corrected chi connectivity index (χ0v) is 79.7. The van der Waals surface area contributed by atoms with Crippen molar-refractivity contribution in [1.82, 2.24) is 56.8 Å². The monoisotopic (exact) mass is 1870 g/mol. The summed E-state index contributed by atoms with van der Waals surface area (Å²) in [5.74, 6) is -9.86. The predicted molar refractivity (Wildman–Crippen MR) is 470 cm³/mol. The number of hydrogen-bond acceptors (Lipinski definition) is 29. The molecule has 0 spiro atoms. The van der Waals surface area contributed by atoms with E-state index in [2.05, 4.69) is 59.8 Å². The van der Waals surface area contributed by atoms with E-state index in [1.54, 1.807) is 145 Å². The maximum atomic E-state index is 14.5. The highest BCUT2D eigenvalue weighted by atomic mass is 127. The van der Waals surface area contributed by atoms with Crippen LogP contribution in [0.15, 0.2) is 24.3 Å². The number of aliphatic carboxylic acids is 1. The van der Waals surface area contributed by atoms with Crippen LogP contribution in [0, 0.1) is 3.57 Å². The molecule has 0 bridgehead atoms. The molecular weight excluding hydrogens is 1730 g/mol. The van der Waals surface area contributed by atoms with Gasteiger partial charge < -0.3 is 84.7 Å². The molecule has 1 saturated heterocycles. The fraction of sp³-hybridized carbons (Fsp3) is 0.770. The number of rotatable bonds is 49. The Morgan fingerprint density at radius 3 is 1.19 bits per heavy atom. The van der Waals surface area contributed by atoms with Crippen LogP contribution in [0.1, 0.15) is 241 Å². The Morgan fingerprint density at radius 2 is 0.766 bits per heavy atom. The van der Waals surface area contributed by atoms with Gasteiger partial charge in [0.15, 0.2) is 0 Å². The number of hydrogen-bond donors (Lipinski definition) is 9. The number of aliphatic hydroxyl groups is 1. The van der Waals surface area contributed by atoms with Crippen LogP contribution < -0.4 is 37.2 Å². The molecule has 1 aliphatic heterocycles. The van der Waals surface area contributed by atoms with Gasteiger partial charge in [0.25, 0.3) is 0 Å². The minimum Gasteiger partial charge on any atom is -0.481 e. The highest BCUT2D eigenvalue weighted by Crippen LogP contribution is 2.21. The van der Waals surface area contributed by atoms with E-state index in [1.807, 2.05) is 43.9 Å².